The molecule has 4 rings (SSSR count). The van der Waals surface area contributed by atoms with Crippen LogP contribution in [-0.2, 0) is 0 Å². The minimum atomic E-state index is 0.0111. The van der Waals surface area contributed by atoms with Gasteiger partial charge in [0.25, 0.3) is 5.91 Å². The molecular weight excluding hydrogens is 390 g/mol. The summed E-state index contributed by atoms with van der Waals surface area (Å²) < 4.78 is 12.2. The number of ether oxygens (including phenoxy) is 2. The minimum Gasteiger partial charge on any atom is -0.486 e. The molecule has 0 unspecified atom stereocenters. The molecule has 2 aliphatic heterocycles. The fraction of sp³-hybridized carbons (Fsp3) is 0.278. The third-order valence-electron chi connectivity index (χ3n) is 4.09. The first-order valence-electron chi connectivity index (χ1n) is 7.80. The summed E-state index contributed by atoms with van der Waals surface area (Å²) in [5.41, 5.74) is 1.79. The van der Waals surface area contributed by atoms with Gasteiger partial charge in [0.15, 0.2) is 11.5 Å². The van der Waals surface area contributed by atoms with Gasteiger partial charge in [0.2, 0.25) is 0 Å². The van der Waals surface area contributed by atoms with Crippen molar-refractivity contribution in [3.8, 4) is 11.5 Å². The molecule has 6 heteroatoms. The van der Waals surface area contributed by atoms with E-state index in [2.05, 4.69) is 15.9 Å². The van der Waals surface area contributed by atoms with Crippen LogP contribution < -0.4 is 9.47 Å². The van der Waals surface area contributed by atoms with Crippen LogP contribution in [0, 0.1) is 0 Å². The highest BCUT2D eigenvalue weighted by atomic mass is 79.9. The zero-order valence-electron chi connectivity index (χ0n) is 12.9. The van der Waals surface area contributed by atoms with Gasteiger partial charge in [-0.3, -0.25) is 4.79 Å². The number of halogens is 1. The molecule has 0 saturated carbocycles. The van der Waals surface area contributed by atoms with Crippen LogP contribution in [0.25, 0.3) is 0 Å². The smallest absolute Gasteiger partial charge is 0.255 e. The van der Waals surface area contributed by atoms with Crippen molar-refractivity contribution in [3.05, 3.63) is 58.1 Å². The third kappa shape index (κ3) is 3.00. The summed E-state index contributed by atoms with van der Waals surface area (Å²) in [7, 11) is 0. The third-order valence-corrected chi connectivity index (χ3v) is 5.88. The molecule has 0 N–H and O–H groups in total. The van der Waals surface area contributed by atoms with E-state index in [4.69, 9.17) is 9.47 Å². The van der Waals surface area contributed by atoms with Crippen LogP contribution in [0.3, 0.4) is 0 Å². The van der Waals surface area contributed by atoms with E-state index in [-0.39, 0.29) is 11.3 Å². The SMILES string of the molecule is O=C(c1ccc(Br)cc1)N1CCS[C@H]1c1ccc2c(c1)OCCO2. The van der Waals surface area contributed by atoms with Crippen molar-refractivity contribution < 1.29 is 14.3 Å². The number of rotatable bonds is 2. The number of hydrogen-bond acceptors (Lipinski definition) is 4. The van der Waals surface area contributed by atoms with Gasteiger partial charge >= 0.3 is 0 Å². The normalized spacial score (nSPS) is 19.4. The van der Waals surface area contributed by atoms with Gasteiger partial charge in [-0.2, -0.15) is 0 Å². The number of nitrogens with zero attached hydrogens (tertiary/aromatic N) is 1. The fourth-order valence-electron chi connectivity index (χ4n) is 2.93. The maximum atomic E-state index is 12.9. The topological polar surface area (TPSA) is 38.8 Å². The van der Waals surface area contributed by atoms with Crippen molar-refractivity contribution in [2.24, 2.45) is 0 Å². The van der Waals surface area contributed by atoms with Crippen molar-refractivity contribution in [2.45, 2.75) is 5.37 Å². The van der Waals surface area contributed by atoms with Crippen LogP contribution in [0.4, 0.5) is 0 Å². The van der Waals surface area contributed by atoms with E-state index in [1.54, 1.807) is 11.8 Å². The predicted octanol–water partition coefficient (Wildman–Crippen LogP) is 4.11. The Morgan fingerprint density at radius 1 is 1.08 bits per heavy atom. The largest absolute Gasteiger partial charge is 0.486 e. The van der Waals surface area contributed by atoms with Crippen LogP contribution >= 0.6 is 27.7 Å². The molecule has 1 amide bonds. The van der Waals surface area contributed by atoms with Gasteiger partial charge in [-0.1, -0.05) is 22.0 Å². The molecule has 1 fully saturated rings. The van der Waals surface area contributed by atoms with E-state index < -0.39 is 0 Å². The summed E-state index contributed by atoms with van der Waals surface area (Å²) >= 11 is 5.19. The lowest BCUT2D eigenvalue weighted by Gasteiger charge is -2.26. The van der Waals surface area contributed by atoms with Crippen molar-refractivity contribution >= 4 is 33.6 Å². The molecule has 1 atom stereocenters. The predicted molar refractivity (Wildman–Crippen MR) is 97.8 cm³/mol. The molecule has 0 aliphatic carbocycles. The molecule has 124 valence electrons. The Balaban J connectivity index is 1.60. The van der Waals surface area contributed by atoms with Gasteiger partial charge in [0, 0.05) is 22.3 Å². The molecule has 1 saturated heterocycles. The molecule has 0 aromatic heterocycles. The Morgan fingerprint density at radius 2 is 1.83 bits per heavy atom. The Kier molecular flexibility index (Phi) is 4.41. The van der Waals surface area contributed by atoms with E-state index in [0.717, 1.165) is 33.8 Å². The number of amides is 1. The van der Waals surface area contributed by atoms with Crippen LogP contribution in [0.15, 0.2) is 46.9 Å². The first-order valence-corrected chi connectivity index (χ1v) is 9.64. The first-order chi connectivity index (χ1) is 11.7. The minimum absolute atomic E-state index is 0.0111. The second kappa shape index (κ2) is 6.69. The Labute approximate surface area is 153 Å². The van der Waals surface area contributed by atoms with Crippen LogP contribution in [0.5, 0.6) is 11.5 Å². The number of thioether (sulfide) groups is 1. The molecule has 2 aromatic carbocycles. The average Bonchev–Trinajstić information content (AvgIpc) is 3.11. The lowest BCUT2D eigenvalue weighted by Crippen LogP contribution is -2.30. The highest BCUT2D eigenvalue weighted by molar-refractivity contribution is 9.10. The lowest BCUT2D eigenvalue weighted by molar-refractivity contribution is 0.0760. The summed E-state index contributed by atoms with van der Waals surface area (Å²) in [6, 6.07) is 13.5. The summed E-state index contributed by atoms with van der Waals surface area (Å²) in [6.45, 7) is 1.90. The molecule has 0 radical (unpaired) electrons. The summed E-state index contributed by atoms with van der Waals surface area (Å²) in [4.78, 5) is 14.8. The van der Waals surface area contributed by atoms with Crippen molar-refractivity contribution in [2.75, 3.05) is 25.5 Å². The van der Waals surface area contributed by atoms with Gasteiger partial charge in [0.1, 0.15) is 18.6 Å². The molecule has 0 spiro atoms. The Bertz CT molecular complexity index is 765. The number of carbonyl (C=O) groups excluding carboxylic acids is 1. The van der Waals surface area contributed by atoms with Crippen molar-refractivity contribution in [1.82, 2.24) is 4.90 Å². The van der Waals surface area contributed by atoms with E-state index in [1.165, 1.54) is 0 Å². The fourth-order valence-corrected chi connectivity index (χ4v) is 4.44. The zero-order valence-corrected chi connectivity index (χ0v) is 15.3. The van der Waals surface area contributed by atoms with E-state index in [0.29, 0.717) is 18.8 Å². The highest BCUT2D eigenvalue weighted by Gasteiger charge is 2.32. The first kappa shape index (κ1) is 15.8. The van der Waals surface area contributed by atoms with E-state index >= 15 is 0 Å². The van der Waals surface area contributed by atoms with Crippen LogP contribution in [0.2, 0.25) is 0 Å². The van der Waals surface area contributed by atoms with E-state index in [9.17, 15) is 4.79 Å². The monoisotopic (exact) mass is 405 g/mol. The Hall–Kier alpha value is -1.66. The van der Waals surface area contributed by atoms with Gasteiger partial charge in [-0.25, -0.2) is 0 Å². The second-order valence-electron chi connectivity index (χ2n) is 5.63. The molecule has 24 heavy (non-hydrogen) atoms. The zero-order chi connectivity index (χ0) is 16.5. The number of fused-ring (bicyclic) bond motifs is 1. The molecular formula is C18H16BrNO3S. The maximum absolute atomic E-state index is 12.9. The molecule has 2 aromatic rings. The number of benzene rings is 2. The molecule has 4 nitrogen and oxygen atoms in total. The summed E-state index contributed by atoms with van der Waals surface area (Å²) in [6.07, 6.45) is 0. The van der Waals surface area contributed by atoms with Crippen LogP contribution in [-0.4, -0.2) is 36.3 Å². The van der Waals surface area contributed by atoms with Crippen molar-refractivity contribution in [1.29, 1.82) is 0 Å². The highest BCUT2D eigenvalue weighted by Crippen LogP contribution is 2.42. The van der Waals surface area contributed by atoms with E-state index in [1.807, 2.05) is 47.4 Å². The Morgan fingerprint density at radius 3 is 2.62 bits per heavy atom. The van der Waals surface area contributed by atoms with Crippen molar-refractivity contribution in [3.63, 3.8) is 0 Å². The number of carbonyl (C=O) groups is 1. The standard InChI is InChI=1S/C18H16BrNO3S/c19-14-4-1-12(2-5-14)17(21)20-7-10-24-18(20)13-3-6-15-16(11-13)23-9-8-22-15/h1-6,11,18H,7-10H2/t18-/m0/s1. The molecule has 0 bridgehead atoms. The molecule has 2 aliphatic rings. The lowest BCUT2D eigenvalue weighted by atomic mass is 10.1. The number of hydrogen-bond donors (Lipinski definition) is 0. The summed E-state index contributed by atoms with van der Waals surface area (Å²) in [5, 5.41) is 0.0111. The van der Waals surface area contributed by atoms with Gasteiger partial charge in [-0.05, 0) is 42.0 Å². The summed E-state index contributed by atoms with van der Waals surface area (Å²) in [5.74, 6) is 2.54. The quantitative estimate of drug-likeness (QED) is 0.753. The second-order valence-corrected chi connectivity index (χ2v) is 7.74. The van der Waals surface area contributed by atoms with Crippen LogP contribution in [0.1, 0.15) is 21.3 Å². The molecule has 2 heterocycles. The maximum Gasteiger partial charge on any atom is 0.255 e. The van der Waals surface area contributed by atoms with Gasteiger partial charge in [0.05, 0.1) is 0 Å². The van der Waals surface area contributed by atoms with Gasteiger partial charge in [-0.15, -0.1) is 11.8 Å². The van der Waals surface area contributed by atoms with Gasteiger partial charge < -0.3 is 14.4 Å². The average molecular weight is 406 g/mol.